The highest BCUT2D eigenvalue weighted by Gasteiger charge is 2.07. The van der Waals surface area contributed by atoms with Crippen LogP contribution in [0.15, 0.2) is 6.20 Å². The van der Waals surface area contributed by atoms with Gasteiger partial charge in [-0.25, -0.2) is 4.98 Å². The van der Waals surface area contributed by atoms with E-state index in [2.05, 4.69) is 10.9 Å². The zero-order chi connectivity index (χ0) is 9.68. The summed E-state index contributed by atoms with van der Waals surface area (Å²) < 4.78 is 0. The standard InChI is InChI=1S/C10H14N2S/c1-3-4-5-6-9(11)10-7-12-8(2)13-10/h1,7,9H,4-6,11H2,2H3. The molecule has 13 heavy (non-hydrogen) atoms. The molecule has 1 aromatic heterocycles. The molecule has 1 rings (SSSR count). The van der Waals surface area contributed by atoms with Gasteiger partial charge in [-0.15, -0.1) is 23.7 Å². The molecule has 70 valence electrons. The first-order valence-corrected chi connectivity index (χ1v) is 5.17. The van der Waals surface area contributed by atoms with Gasteiger partial charge < -0.3 is 5.73 Å². The van der Waals surface area contributed by atoms with Crippen molar-refractivity contribution in [2.45, 2.75) is 32.2 Å². The second-order valence-electron chi connectivity index (χ2n) is 2.98. The van der Waals surface area contributed by atoms with Crippen LogP contribution in [0.5, 0.6) is 0 Å². The lowest BCUT2D eigenvalue weighted by Gasteiger charge is -2.06. The summed E-state index contributed by atoms with van der Waals surface area (Å²) in [6, 6.07) is 0.111. The van der Waals surface area contributed by atoms with Crippen LogP contribution in [0.4, 0.5) is 0 Å². The number of aromatic nitrogens is 1. The topological polar surface area (TPSA) is 38.9 Å². The monoisotopic (exact) mass is 194 g/mol. The summed E-state index contributed by atoms with van der Waals surface area (Å²) in [5.74, 6) is 2.61. The highest BCUT2D eigenvalue weighted by atomic mass is 32.1. The molecule has 0 bridgehead atoms. The SMILES string of the molecule is C#CCCCC(N)c1cnc(C)s1. The Labute approximate surface area is 83.2 Å². The number of aryl methyl sites for hydroxylation is 1. The average molecular weight is 194 g/mol. The summed E-state index contributed by atoms with van der Waals surface area (Å²) in [4.78, 5) is 5.33. The number of hydrogen-bond donors (Lipinski definition) is 1. The number of nitrogens with zero attached hydrogens (tertiary/aromatic N) is 1. The molecule has 0 saturated heterocycles. The van der Waals surface area contributed by atoms with E-state index >= 15 is 0 Å². The van der Waals surface area contributed by atoms with Crippen molar-refractivity contribution in [2.24, 2.45) is 5.73 Å². The molecule has 2 N–H and O–H groups in total. The molecule has 2 nitrogen and oxygen atoms in total. The number of terminal acetylenes is 1. The molecular formula is C10H14N2S. The zero-order valence-electron chi connectivity index (χ0n) is 7.79. The van der Waals surface area contributed by atoms with Crippen molar-refractivity contribution in [3.05, 3.63) is 16.1 Å². The van der Waals surface area contributed by atoms with Gasteiger partial charge >= 0.3 is 0 Å². The molecule has 1 aromatic rings. The quantitative estimate of drug-likeness (QED) is 0.590. The summed E-state index contributed by atoms with van der Waals surface area (Å²) in [6.45, 7) is 1.99. The van der Waals surface area contributed by atoms with Crippen molar-refractivity contribution in [3.63, 3.8) is 0 Å². The van der Waals surface area contributed by atoms with Gasteiger partial charge in [0, 0.05) is 23.5 Å². The van der Waals surface area contributed by atoms with E-state index in [1.165, 1.54) is 0 Å². The van der Waals surface area contributed by atoms with Crippen LogP contribution in [-0.4, -0.2) is 4.98 Å². The third-order valence-corrected chi connectivity index (χ3v) is 2.89. The Morgan fingerprint density at radius 1 is 1.77 bits per heavy atom. The van der Waals surface area contributed by atoms with Crippen LogP contribution in [0.2, 0.25) is 0 Å². The summed E-state index contributed by atoms with van der Waals surface area (Å²) in [7, 11) is 0. The fourth-order valence-corrected chi connectivity index (χ4v) is 1.94. The van der Waals surface area contributed by atoms with Crippen LogP contribution in [0.3, 0.4) is 0 Å². The molecule has 0 aromatic carbocycles. The first-order valence-electron chi connectivity index (χ1n) is 4.35. The Bertz CT molecular complexity index is 298. The third kappa shape index (κ3) is 3.17. The molecule has 0 aliphatic carbocycles. The molecule has 0 aliphatic rings. The largest absolute Gasteiger partial charge is 0.323 e. The second-order valence-corrected chi connectivity index (χ2v) is 4.25. The van der Waals surface area contributed by atoms with E-state index in [9.17, 15) is 0 Å². The van der Waals surface area contributed by atoms with Gasteiger partial charge in [-0.05, 0) is 19.8 Å². The zero-order valence-corrected chi connectivity index (χ0v) is 8.60. The van der Waals surface area contributed by atoms with E-state index in [1.807, 2.05) is 13.1 Å². The maximum atomic E-state index is 5.95. The molecule has 0 spiro atoms. The molecule has 0 radical (unpaired) electrons. The van der Waals surface area contributed by atoms with Gasteiger partial charge in [-0.2, -0.15) is 0 Å². The predicted molar refractivity (Wildman–Crippen MR) is 56.5 cm³/mol. The van der Waals surface area contributed by atoms with Crippen molar-refractivity contribution in [3.8, 4) is 12.3 Å². The van der Waals surface area contributed by atoms with E-state index < -0.39 is 0 Å². The Morgan fingerprint density at radius 3 is 3.08 bits per heavy atom. The Balaban J connectivity index is 2.40. The van der Waals surface area contributed by atoms with Gasteiger partial charge in [-0.1, -0.05) is 0 Å². The molecule has 1 heterocycles. The highest BCUT2D eigenvalue weighted by molar-refractivity contribution is 7.11. The molecule has 0 fully saturated rings. The average Bonchev–Trinajstić information content (AvgIpc) is 2.52. The highest BCUT2D eigenvalue weighted by Crippen LogP contribution is 2.22. The minimum Gasteiger partial charge on any atom is -0.323 e. The van der Waals surface area contributed by atoms with Crippen LogP contribution in [0.25, 0.3) is 0 Å². The molecule has 1 unspecified atom stereocenters. The summed E-state index contributed by atoms with van der Waals surface area (Å²) in [6.07, 6.45) is 9.77. The fraction of sp³-hybridized carbons (Fsp3) is 0.500. The van der Waals surface area contributed by atoms with Crippen molar-refractivity contribution < 1.29 is 0 Å². The summed E-state index contributed by atoms with van der Waals surface area (Å²) in [5, 5.41) is 1.07. The van der Waals surface area contributed by atoms with Crippen molar-refractivity contribution in [1.82, 2.24) is 4.98 Å². The maximum absolute atomic E-state index is 5.95. The number of hydrogen-bond acceptors (Lipinski definition) is 3. The number of rotatable bonds is 4. The molecule has 0 amide bonds. The van der Waals surface area contributed by atoms with Gasteiger partial charge in [0.1, 0.15) is 0 Å². The molecule has 1 atom stereocenters. The molecule has 0 saturated carbocycles. The summed E-state index contributed by atoms with van der Waals surface area (Å²) in [5.41, 5.74) is 5.95. The van der Waals surface area contributed by atoms with Crippen molar-refractivity contribution in [1.29, 1.82) is 0 Å². The Morgan fingerprint density at radius 2 is 2.54 bits per heavy atom. The minimum absolute atomic E-state index is 0.111. The smallest absolute Gasteiger partial charge is 0.0897 e. The molecule has 3 heteroatoms. The van der Waals surface area contributed by atoms with E-state index in [0.29, 0.717) is 0 Å². The van der Waals surface area contributed by atoms with Crippen LogP contribution in [0.1, 0.15) is 35.2 Å². The van der Waals surface area contributed by atoms with Crippen LogP contribution >= 0.6 is 11.3 Å². The molecule has 0 aliphatic heterocycles. The lowest BCUT2D eigenvalue weighted by Crippen LogP contribution is -2.07. The van der Waals surface area contributed by atoms with Gasteiger partial charge in [0.15, 0.2) is 0 Å². The number of thiazole rings is 1. The second kappa shape index (κ2) is 5.00. The third-order valence-electron chi connectivity index (χ3n) is 1.84. The van der Waals surface area contributed by atoms with Crippen molar-refractivity contribution in [2.75, 3.05) is 0 Å². The summed E-state index contributed by atoms with van der Waals surface area (Å²) >= 11 is 1.67. The first kappa shape index (κ1) is 10.2. The van der Waals surface area contributed by atoms with Gasteiger partial charge in [0.25, 0.3) is 0 Å². The Hall–Kier alpha value is -0.850. The van der Waals surface area contributed by atoms with E-state index in [-0.39, 0.29) is 6.04 Å². The maximum Gasteiger partial charge on any atom is 0.0897 e. The fourth-order valence-electron chi connectivity index (χ4n) is 1.12. The van der Waals surface area contributed by atoms with E-state index in [0.717, 1.165) is 29.1 Å². The van der Waals surface area contributed by atoms with E-state index in [4.69, 9.17) is 12.2 Å². The van der Waals surface area contributed by atoms with Crippen molar-refractivity contribution >= 4 is 11.3 Å². The normalized spacial score (nSPS) is 12.4. The molecular weight excluding hydrogens is 180 g/mol. The van der Waals surface area contributed by atoms with E-state index in [1.54, 1.807) is 11.3 Å². The first-order chi connectivity index (χ1) is 6.24. The Kier molecular flexibility index (Phi) is 3.94. The van der Waals surface area contributed by atoms with Crippen LogP contribution in [-0.2, 0) is 0 Å². The lowest BCUT2D eigenvalue weighted by atomic mass is 10.1. The minimum atomic E-state index is 0.111. The van der Waals surface area contributed by atoms with Crippen LogP contribution < -0.4 is 5.73 Å². The van der Waals surface area contributed by atoms with Gasteiger partial charge in [-0.3, -0.25) is 0 Å². The lowest BCUT2D eigenvalue weighted by molar-refractivity contribution is 0.629. The number of unbranched alkanes of at least 4 members (excludes halogenated alkanes) is 1. The predicted octanol–water partition coefficient (Wildman–Crippen LogP) is 2.25. The van der Waals surface area contributed by atoms with Gasteiger partial charge in [0.2, 0.25) is 0 Å². The van der Waals surface area contributed by atoms with Crippen LogP contribution in [0, 0.1) is 19.3 Å². The van der Waals surface area contributed by atoms with Gasteiger partial charge in [0.05, 0.1) is 5.01 Å². The number of nitrogens with two attached hydrogens (primary N) is 1.